The molecule has 1 unspecified atom stereocenters. The van der Waals surface area contributed by atoms with E-state index in [0.717, 1.165) is 13.1 Å². The molecule has 0 bridgehead atoms. The van der Waals surface area contributed by atoms with Crippen molar-refractivity contribution in [2.45, 2.75) is 0 Å². The molecule has 0 aliphatic heterocycles. The van der Waals surface area contributed by atoms with Crippen LogP contribution >= 0.6 is 11.6 Å². The lowest BCUT2D eigenvalue weighted by Gasteiger charge is -1.97. The van der Waals surface area contributed by atoms with Crippen LogP contribution in [0.4, 0.5) is 0 Å². The van der Waals surface area contributed by atoms with E-state index in [1.807, 2.05) is 12.2 Å². The minimum atomic E-state index is -0.685. The number of hydrogen-bond donors (Lipinski definition) is 1. The van der Waals surface area contributed by atoms with Gasteiger partial charge in [-0.1, -0.05) is 12.2 Å². The molecule has 0 saturated heterocycles. The van der Waals surface area contributed by atoms with Gasteiger partial charge in [-0.15, -0.1) is 11.6 Å². The normalized spacial score (nSPS) is 14.0. The van der Waals surface area contributed by atoms with E-state index in [1.165, 1.54) is 0 Å². The monoisotopic (exact) mass is 195 g/mol. The van der Waals surface area contributed by atoms with Crippen molar-refractivity contribution in [2.24, 2.45) is 0 Å². The van der Waals surface area contributed by atoms with E-state index >= 15 is 0 Å². The second-order valence-corrected chi connectivity index (χ2v) is 3.97. The fourth-order valence-electron chi connectivity index (χ4n) is 0.548. The lowest BCUT2D eigenvalue weighted by molar-refractivity contribution is 0.682. The SMILES string of the molecule is CS(=O)CCNC/C=C/CCl. The predicted octanol–water partition coefficient (Wildman–Crippen LogP) is 0.749. The summed E-state index contributed by atoms with van der Waals surface area (Å²) in [7, 11) is -0.685. The van der Waals surface area contributed by atoms with Gasteiger partial charge in [-0.2, -0.15) is 0 Å². The summed E-state index contributed by atoms with van der Waals surface area (Å²) in [5.74, 6) is 1.27. The van der Waals surface area contributed by atoms with Gasteiger partial charge in [-0.3, -0.25) is 4.21 Å². The molecule has 1 N–H and O–H groups in total. The van der Waals surface area contributed by atoms with E-state index in [1.54, 1.807) is 6.26 Å². The Morgan fingerprint density at radius 3 is 2.82 bits per heavy atom. The maximum Gasteiger partial charge on any atom is 0.0404 e. The maximum absolute atomic E-state index is 10.6. The van der Waals surface area contributed by atoms with Gasteiger partial charge in [0.2, 0.25) is 0 Å². The highest BCUT2D eigenvalue weighted by molar-refractivity contribution is 7.84. The standard InChI is InChI=1S/C7H14ClNOS/c1-11(10)7-6-9-5-3-2-4-8/h2-3,9H,4-7H2,1H3/b3-2+. The third-order valence-electron chi connectivity index (χ3n) is 1.08. The lowest BCUT2D eigenvalue weighted by atomic mass is 10.5. The van der Waals surface area contributed by atoms with Crippen LogP contribution in [0.1, 0.15) is 0 Å². The Bertz CT molecular complexity index is 138. The van der Waals surface area contributed by atoms with Crippen molar-refractivity contribution in [3.8, 4) is 0 Å². The van der Waals surface area contributed by atoms with Gasteiger partial charge in [-0.05, 0) is 0 Å². The van der Waals surface area contributed by atoms with E-state index in [9.17, 15) is 4.21 Å². The van der Waals surface area contributed by atoms with Crippen molar-refractivity contribution in [2.75, 3.05) is 31.0 Å². The van der Waals surface area contributed by atoms with Gasteiger partial charge in [0.25, 0.3) is 0 Å². The Morgan fingerprint density at radius 2 is 2.27 bits per heavy atom. The van der Waals surface area contributed by atoms with Gasteiger partial charge < -0.3 is 5.32 Å². The van der Waals surface area contributed by atoms with Crippen molar-refractivity contribution in [1.82, 2.24) is 5.32 Å². The molecule has 11 heavy (non-hydrogen) atoms. The molecule has 4 heteroatoms. The number of alkyl halides is 1. The summed E-state index contributed by atoms with van der Waals surface area (Å²) < 4.78 is 10.6. The van der Waals surface area contributed by atoms with Crippen LogP contribution in [0.25, 0.3) is 0 Å². The fourth-order valence-corrected chi connectivity index (χ4v) is 1.11. The summed E-state index contributed by atoms with van der Waals surface area (Å²) in [4.78, 5) is 0. The van der Waals surface area contributed by atoms with Crippen LogP contribution in [0.5, 0.6) is 0 Å². The van der Waals surface area contributed by atoms with Gasteiger partial charge in [0.1, 0.15) is 0 Å². The molecular formula is C7H14ClNOS. The fraction of sp³-hybridized carbons (Fsp3) is 0.714. The average Bonchev–Trinajstić information content (AvgIpc) is 1.96. The van der Waals surface area contributed by atoms with Gasteiger partial charge in [0.05, 0.1) is 0 Å². The third kappa shape index (κ3) is 10.1. The highest BCUT2D eigenvalue weighted by Gasteiger charge is 1.87. The Kier molecular flexibility index (Phi) is 8.34. The summed E-state index contributed by atoms with van der Waals surface area (Å²) in [6.07, 6.45) is 5.55. The van der Waals surface area contributed by atoms with Crippen molar-refractivity contribution in [1.29, 1.82) is 0 Å². The number of rotatable bonds is 6. The number of hydrogen-bond acceptors (Lipinski definition) is 2. The third-order valence-corrected chi connectivity index (χ3v) is 2.04. The molecule has 0 amide bonds. The summed E-state index contributed by atoms with van der Waals surface area (Å²) in [6, 6.07) is 0. The average molecular weight is 196 g/mol. The number of nitrogens with one attached hydrogen (secondary N) is 1. The van der Waals surface area contributed by atoms with Crippen molar-refractivity contribution >= 4 is 22.4 Å². The summed E-state index contributed by atoms with van der Waals surface area (Å²) >= 11 is 5.40. The highest BCUT2D eigenvalue weighted by atomic mass is 35.5. The molecule has 66 valence electrons. The van der Waals surface area contributed by atoms with E-state index in [-0.39, 0.29) is 0 Å². The molecule has 0 spiro atoms. The molecule has 0 fully saturated rings. The van der Waals surface area contributed by atoms with Crippen LogP contribution in [-0.4, -0.2) is 35.2 Å². The van der Waals surface area contributed by atoms with Crippen LogP contribution in [0.15, 0.2) is 12.2 Å². The molecule has 1 atom stereocenters. The Morgan fingerprint density at radius 1 is 1.55 bits per heavy atom. The maximum atomic E-state index is 10.6. The summed E-state index contributed by atoms with van der Waals surface area (Å²) in [6.45, 7) is 1.61. The molecule has 0 aromatic carbocycles. The first-order valence-electron chi connectivity index (χ1n) is 3.49. The van der Waals surface area contributed by atoms with Gasteiger partial charge >= 0.3 is 0 Å². The predicted molar refractivity (Wildman–Crippen MR) is 51.7 cm³/mol. The zero-order chi connectivity index (χ0) is 8.53. The molecule has 0 radical (unpaired) electrons. The molecule has 0 aliphatic rings. The van der Waals surface area contributed by atoms with Crippen LogP contribution in [0.3, 0.4) is 0 Å². The van der Waals surface area contributed by atoms with Crippen molar-refractivity contribution < 1.29 is 4.21 Å². The first-order chi connectivity index (χ1) is 5.27. The minimum absolute atomic E-state index is 0.557. The van der Waals surface area contributed by atoms with Gasteiger partial charge in [0, 0.05) is 41.8 Å². The van der Waals surface area contributed by atoms with Gasteiger partial charge in [-0.25, -0.2) is 0 Å². The zero-order valence-electron chi connectivity index (χ0n) is 6.68. The summed E-state index contributed by atoms with van der Waals surface area (Å²) in [5, 5.41) is 3.11. The van der Waals surface area contributed by atoms with E-state index in [2.05, 4.69) is 5.32 Å². The smallest absolute Gasteiger partial charge is 0.0404 e. The second-order valence-electron chi connectivity index (χ2n) is 2.11. The number of allylic oxidation sites excluding steroid dienone is 1. The summed E-state index contributed by atoms with van der Waals surface area (Å²) in [5.41, 5.74) is 0. The molecule has 0 heterocycles. The van der Waals surface area contributed by atoms with Crippen molar-refractivity contribution in [3.05, 3.63) is 12.2 Å². The molecule has 0 saturated carbocycles. The largest absolute Gasteiger partial charge is 0.312 e. The Labute approximate surface area is 75.5 Å². The zero-order valence-corrected chi connectivity index (χ0v) is 8.25. The van der Waals surface area contributed by atoms with Crippen LogP contribution < -0.4 is 5.32 Å². The minimum Gasteiger partial charge on any atom is -0.312 e. The highest BCUT2D eigenvalue weighted by Crippen LogP contribution is 1.76. The lowest BCUT2D eigenvalue weighted by Crippen LogP contribution is -2.19. The Hall–Kier alpha value is 0.140. The van der Waals surface area contributed by atoms with Gasteiger partial charge in [0.15, 0.2) is 0 Å². The van der Waals surface area contributed by atoms with E-state index < -0.39 is 10.8 Å². The molecule has 0 aliphatic carbocycles. The topological polar surface area (TPSA) is 29.1 Å². The van der Waals surface area contributed by atoms with E-state index in [4.69, 9.17) is 11.6 Å². The van der Waals surface area contributed by atoms with Crippen LogP contribution in [0.2, 0.25) is 0 Å². The molecule has 2 nitrogen and oxygen atoms in total. The van der Waals surface area contributed by atoms with Crippen LogP contribution in [-0.2, 0) is 10.8 Å². The van der Waals surface area contributed by atoms with E-state index in [0.29, 0.717) is 11.6 Å². The Balaban J connectivity index is 3.02. The molecule has 0 rings (SSSR count). The number of halogens is 1. The quantitative estimate of drug-likeness (QED) is 0.385. The molecular weight excluding hydrogens is 182 g/mol. The molecule has 0 aromatic heterocycles. The first kappa shape index (κ1) is 11.1. The van der Waals surface area contributed by atoms with Crippen LogP contribution in [0, 0.1) is 0 Å². The molecule has 0 aromatic rings. The van der Waals surface area contributed by atoms with Crippen molar-refractivity contribution in [3.63, 3.8) is 0 Å². The first-order valence-corrected chi connectivity index (χ1v) is 5.75. The second kappa shape index (κ2) is 8.24.